The molecule has 29 heavy (non-hydrogen) atoms. The third-order valence-corrected chi connectivity index (χ3v) is 8.41. The van der Waals surface area contributed by atoms with Crippen LogP contribution in [0.25, 0.3) is 16.5 Å². The third kappa shape index (κ3) is 3.10. The summed E-state index contributed by atoms with van der Waals surface area (Å²) in [7, 11) is 0. The first-order valence-electron chi connectivity index (χ1n) is 12.2. The Morgan fingerprint density at radius 3 is 2.79 bits per heavy atom. The SMILES string of the molecule is C1=CC2CC(CC3CCCCCC3)CCC2n2c3c(c4cnccc42)CCC=C13. The molecular weight excluding hydrogens is 352 g/mol. The van der Waals surface area contributed by atoms with E-state index in [0.29, 0.717) is 12.0 Å². The second kappa shape index (κ2) is 7.45. The predicted octanol–water partition coefficient (Wildman–Crippen LogP) is 7.25. The molecule has 3 heterocycles. The van der Waals surface area contributed by atoms with Gasteiger partial charge < -0.3 is 4.57 Å². The Bertz CT molecular complexity index is 954. The summed E-state index contributed by atoms with van der Waals surface area (Å²) in [6.07, 6.45) is 28.5. The van der Waals surface area contributed by atoms with Crippen LogP contribution in [0, 0.1) is 17.8 Å². The number of hydrogen-bond acceptors (Lipinski definition) is 1. The van der Waals surface area contributed by atoms with Gasteiger partial charge in [-0.25, -0.2) is 0 Å². The van der Waals surface area contributed by atoms with Gasteiger partial charge in [-0.2, -0.15) is 0 Å². The zero-order valence-corrected chi connectivity index (χ0v) is 17.7. The second-order valence-corrected chi connectivity index (χ2v) is 10.2. The van der Waals surface area contributed by atoms with Gasteiger partial charge in [0.25, 0.3) is 0 Å². The first-order chi connectivity index (χ1) is 14.4. The van der Waals surface area contributed by atoms with Gasteiger partial charge in [0.1, 0.15) is 0 Å². The molecule has 2 fully saturated rings. The van der Waals surface area contributed by atoms with E-state index in [2.05, 4.69) is 40.0 Å². The van der Waals surface area contributed by atoms with Crippen molar-refractivity contribution in [3.05, 3.63) is 47.9 Å². The van der Waals surface area contributed by atoms with Crippen molar-refractivity contribution in [2.45, 2.75) is 83.1 Å². The van der Waals surface area contributed by atoms with Crippen LogP contribution in [-0.2, 0) is 6.42 Å². The summed E-state index contributed by atoms with van der Waals surface area (Å²) in [6, 6.07) is 2.90. The zero-order valence-electron chi connectivity index (χ0n) is 17.7. The molecular formula is C27H34N2. The summed E-state index contributed by atoms with van der Waals surface area (Å²) in [5.74, 6) is 2.64. The van der Waals surface area contributed by atoms with Crippen molar-refractivity contribution in [3.63, 3.8) is 0 Å². The maximum atomic E-state index is 4.48. The molecule has 2 nitrogen and oxygen atoms in total. The van der Waals surface area contributed by atoms with E-state index in [0.717, 1.165) is 11.8 Å². The lowest BCUT2D eigenvalue weighted by Crippen LogP contribution is -2.27. The standard InChI is InChI=1S/C27H34N2/c1-2-4-7-19(6-3-1)16-20-10-13-25-22(17-20)12-11-21-8-5-9-23-24-18-28-15-14-26(24)29(25)27(21)23/h8,11-12,14-15,18-20,22,25H,1-7,9-10,13,16-17H2. The molecule has 0 N–H and O–H groups in total. The number of nitrogens with zero attached hydrogens (tertiary/aromatic N) is 2. The average molecular weight is 387 g/mol. The molecule has 152 valence electrons. The van der Waals surface area contributed by atoms with Crippen molar-refractivity contribution in [1.29, 1.82) is 0 Å². The molecule has 0 aromatic carbocycles. The van der Waals surface area contributed by atoms with Crippen molar-refractivity contribution in [1.82, 2.24) is 9.55 Å². The minimum atomic E-state index is 0.634. The summed E-state index contributed by atoms with van der Waals surface area (Å²) in [5.41, 5.74) is 5.97. The molecule has 0 amide bonds. The van der Waals surface area contributed by atoms with Crippen molar-refractivity contribution < 1.29 is 0 Å². The molecule has 1 aliphatic heterocycles. The summed E-state index contributed by atoms with van der Waals surface area (Å²) in [5, 5.41) is 1.41. The van der Waals surface area contributed by atoms with Gasteiger partial charge in [0, 0.05) is 23.8 Å². The fourth-order valence-electron chi connectivity index (χ4n) is 7.07. The predicted molar refractivity (Wildman–Crippen MR) is 121 cm³/mol. The maximum Gasteiger partial charge on any atom is 0.0524 e. The van der Waals surface area contributed by atoms with Crippen LogP contribution in [0.3, 0.4) is 0 Å². The van der Waals surface area contributed by atoms with Crippen LogP contribution in [0.5, 0.6) is 0 Å². The molecule has 0 bridgehead atoms. The van der Waals surface area contributed by atoms with Crippen LogP contribution in [0.4, 0.5) is 0 Å². The quantitative estimate of drug-likeness (QED) is 0.497. The first kappa shape index (κ1) is 18.0. The van der Waals surface area contributed by atoms with E-state index in [9.17, 15) is 0 Å². The Morgan fingerprint density at radius 1 is 1.00 bits per heavy atom. The normalized spacial score (nSPS) is 29.7. The average Bonchev–Trinajstić information content (AvgIpc) is 2.90. The van der Waals surface area contributed by atoms with Gasteiger partial charge in [0.05, 0.1) is 11.2 Å². The molecule has 3 atom stereocenters. The monoisotopic (exact) mass is 386 g/mol. The zero-order chi connectivity index (χ0) is 19.2. The van der Waals surface area contributed by atoms with Gasteiger partial charge in [-0.1, -0.05) is 56.8 Å². The number of hydrogen-bond donors (Lipinski definition) is 0. The summed E-state index contributed by atoms with van der Waals surface area (Å²) >= 11 is 0. The molecule has 2 saturated carbocycles. The highest BCUT2D eigenvalue weighted by molar-refractivity contribution is 5.92. The highest BCUT2D eigenvalue weighted by atomic mass is 15.0. The highest BCUT2D eigenvalue weighted by Gasteiger charge is 2.36. The minimum absolute atomic E-state index is 0.634. The van der Waals surface area contributed by atoms with Gasteiger partial charge in [0.15, 0.2) is 0 Å². The van der Waals surface area contributed by atoms with Crippen LogP contribution in [0.1, 0.15) is 87.9 Å². The minimum Gasteiger partial charge on any atom is -0.336 e. The number of fused-ring (bicyclic) bond motifs is 5. The number of aryl methyl sites for hydroxylation is 1. The lowest BCUT2D eigenvalue weighted by molar-refractivity contribution is 0.189. The number of pyridine rings is 1. The van der Waals surface area contributed by atoms with E-state index >= 15 is 0 Å². The third-order valence-electron chi connectivity index (χ3n) is 8.41. The van der Waals surface area contributed by atoms with Crippen LogP contribution < -0.4 is 0 Å². The largest absolute Gasteiger partial charge is 0.336 e. The van der Waals surface area contributed by atoms with Crippen LogP contribution in [0.2, 0.25) is 0 Å². The van der Waals surface area contributed by atoms with Gasteiger partial charge in [0.2, 0.25) is 0 Å². The Kier molecular flexibility index (Phi) is 4.62. The molecule has 0 radical (unpaired) electrons. The second-order valence-electron chi connectivity index (χ2n) is 10.2. The lowest BCUT2D eigenvalue weighted by atomic mass is 9.73. The summed E-state index contributed by atoms with van der Waals surface area (Å²) < 4.78 is 2.74. The topological polar surface area (TPSA) is 17.8 Å². The first-order valence-corrected chi connectivity index (χ1v) is 12.2. The Hall–Kier alpha value is -1.83. The number of allylic oxidation sites excluding steroid dienone is 4. The van der Waals surface area contributed by atoms with Crippen LogP contribution in [0.15, 0.2) is 36.7 Å². The molecule has 3 aliphatic carbocycles. The molecule has 4 aliphatic rings. The molecule has 0 saturated heterocycles. The van der Waals surface area contributed by atoms with Crippen LogP contribution >= 0.6 is 0 Å². The van der Waals surface area contributed by atoms with Gasteiger partial charge in [-0.15, -0.1) is 0 Å². The van der Waals surface area contributed by atoms with E-state index in [4.69, 9.17) is 0 Å². The van der Waals surface area contributed by atoms with E-state index < -0.39 is 0 Å². The van der Waals surface area contributed by atoms with Crippen molar-refractivity contribution in [2.75, 3.05) is 0 Å². The molecule has 2 heteroatoms. The molecule has 2 aromatic heterocycles. The molecule has 0 spiro atoms. The van der Waals surface area contributed by atoms with Crippen LogP contribution in [-0.4, -0.2) is 9.55 Å². The van der Waals surface area contributed by atoms with Crippen molar-refractivity contribution in [3.8, 4) is 0 Å². The highest BCUT2D eigenvalue weighted by Crippen LogP contribution is 2.48. The Labute approximate surface area is 175 Å². The molecule has 6 rings (SSSR count). The maximum absolute atomic E-state index is 4.48. The van der Waals surface area contributed by atoms with Crippen molar-refractivity contribution >= 4 is 16.5 Å². The summed E-state index contributed by atoms with van der Waals surface area (Å²) in [6.45, 7) is 0. The lowest BCUT2D eigenvalue weighted by Gasteiger charge is -2.37. The Balaban J connectivity index is 1.32. The van der Waals surface area contributed by atoms with Crippen molar-refractivity contribution in [2.24, 2.45) is 17.8 Å². The fraction of sp³-hybridized carbons (Fsp3) is 0.593. The van der Waals surface area contributed by atoms with E-state index in [-0.39, 0.29) is 0 Å². The smallest absolute Gasteiger partial charge is 0.0524 e. The molecule has 2 aromatic rings. The Morgan fingerprint density at radius 2 is 1.90 bits per heavy atom. The van der Waals surface area contributed by atoms with E-state index in [1.165, 1.54) is 99.2 Å². The van der Waals surface area contributed by atoms with Gasteiger partial charge >= 0.3 is 0 Å². The molecule has 3 unspecified atom stereocenters. The van der Waals surface area contributed by atoms with Gasteiger partial charge in [-0.3, -0.25) is 4.98 Å². The summed E-state index contributed by atoms with van der Waals surface area (Å²) in [4.78, 5) is 4.48. The fourth-order valence-corrected chi connectivity index (χ4v) is 7.07. The van der Waals surface area contributed by atoms with E-state index in [1.54, 1.807) is 5.56 Å². The van der Waals surface area contributed by atoms with E-state index in [1.807, 2.05) is 6.20 Å². The number of aromatic nitrogens is 2. The number of rotatable bonds is 2. The van der Waals surface area contributed by atoms with Gasteiger partial charge in [-0.05, 0) is 73.5 Å².